The van der Waals surface area contributed by atoms with Crippen LogP contribution in [0.3, 0.4) is 0 Å². The molecule has 1 saturated carbocycles. The van der Waals surface area contributed by atoms with Gasteiger partial charge in [-0.25, -0.2) is 16.8 Å². The normalized spacial score (nSPS) is 22.1. The van der Waals surface area contributed by atoms with Crippen molar-refractivity contribution < 1.29 is 16.8 Å². The fourth-order valence-corrected chi connectivity index (χ4v) is 6.22. The van der Waals surface area contributed by atoms with Crippen LogP contribution in [0.1, 0.15) is 32.1 Å². The molecule has 6 nitrogen and oxygen atoms in total. The van der Waals surface area contributed by atoms with Crippen molar-refractivity contribution in [1.29, 1.82) is 0 Å². The number of rotatable bonds is 4. The Labute approximate surface area is 131 Å². The maximum absolute atomic E-state index is 12.2. The summed E-state index contributed by atoms with van der Waals surface area (Å²) in [7, 11) is -6.56. The predicted molar refractivity (Wildman–Crippen MR) is 87.0 cm³/mol. The molecule has 3 rings (SSSR count). The van der Waals surface area contributed by atoms with Crippen molar-refractivity contribution in [3.63, 3.8) is 0 Å². The summed E-state index contributed by atoms with van der Waals surface area (Å²) in [5.41, 5.74) is 1.06. The molecule has 2 fully saturated rings. The van der Waals surface area contributed by atoms with Crippen LogP contribution in [-0.4, -0.2) is 34.4 Å². The van der Waals surface area contributed by atoms with E-state index in [-0.39, 0.29) is 11.0 Å². The molecule has 1 aromatic rings. The van der Waals surface area contributed by atoms with E-state index in [1.54, 1.807) is 24.3 Å². The first-order valence-electron chi connectivity index (χ1n) is 7.51. The van der Waals surface area contributed by atoms with E-state index < -0.39 is 20.0 Å². The Hall–Kier alpha value is -1.28. The Kier molecular flexibility index (Phi) is 4.07. The lowest BCUT2D eigenvalue weighted by atomic mass is 10.3. The van der Waals surface area contributed by atoms with Crippen LogP contribution < -0.4 is 9.03 Å². The molecule has 1 aliphatic carbocycles. The summed E-state index contributed by atoms with van der Waals surface area (Å²) in [4.78, 5) is 0. The summed E-state index contributed by atoms with van der Waals surface area (Å²) in [6, 6.07) is 6.54. The summed E-state index contributed by atoms with van der Waals surface area (Å²) in [5.74, 6) is 0.170. The van der Waals surface area contributed by atoms with Gasteiger partial charge in [0.25, 0.3) is 0 Å². The molecule has 2 aliphatic rings. The summed E-state index contributed by atoms with van der Waals surface area (Å²) in [5, 5.41) is -0.314. The highest BCUT2D eigenvalue weighted by Crippen LogP contribution is 2.28. The van der Waals surface area contributed by atoms with E-state index in [1.807, 2.05) is 0 Å². The fraction of sp³-hybridized carbons (Fsp3) is 0.571. The molecule has 1 aliphatic heterocycles. The van der Waals surface area contributed by atoms with Crippen molar-refractivity contribution in [3.05, 3.63) is 24.3 Å². The highest BCUT2D eigenvalue weighted by atomic mass is 32.2. The first-order valence-corrected chi connectivity index (χ1v) is 10.7. The summed E-state index contributed by atoms with van der Waals surface area (Å²) < 4.78 is 52.2. The topological polar surface area (TPSA) is 83.6 Å². The first kappa shape index (κ1) is 15.6. The van der Waals surface area contributed by atoms with Gasteiger partial charge in [0.05, 0.1) is 16.7 Å². The van der Waals surface area contributed by atoms with Crippen LogP contribution in [0.25, 0.3) is 0 Å². The van der Waals surface area contributed by atoms with Crippen molar-refractivity contribution in [3.8, 4) is 0 Å². The minimum Gasteiger partial charge on any atom is -0.283 e. The zero-order valence-electron chi connectivity index (χ0n) is 12.2. The fourth-order valence-electron chi connectivity index (χ4n) is 3.07. The van der Waals surface area contributed by atoms with Gasteiger partial charge in [-0.15, -0.1) is 0 Å². The third-order valence-corrected chi connectivity index (χ3v) is 7.99. The zero-order valence-corrected chi connectivity index (χ0v) is 13.9. The minimum absolute atomic E-state index is 0.170. The van der Waals surface area contributed by atoms with Gasteiger partial charge in [0.1, 0.15) is 0 Å². The molecule has 0 unspecified atom stereocenters. The Morgan fingerprint density at radius 3 is 2.23 bits per heavy atom. The Morgan fingerprint density at radius 1 is 1.05 bits per heavy atom. The van der Waals surface area contributed by atoms with Crippen LogP contribution >= 0.6 is 0 Å². The predicted octanol–water partition coefficient (Wildman–Crippen LogP) is 1.91. The third kappa shape index (κ3) is 3.08. The molecule has 1 N–H and O–H groups in total. The van der Waals surface area contributed by atoms with Crippen LogP contribution in [0.4, 0.5) is 11.4 Å². The number of sulfonamides is 2. The summed E-state index contributed by atoms with van der Waals surface area (Å²) in [6.45, 7) is 0.482. The van der Waals surface area contributed by atoms with Crippen molar-refractivity contribution >= 4 is 31.4 Å². The Balaban J connectivity index is 1.75. The first-order chi connectivity index (χ1) is 10.4. The van der Waals surface area contributed by atoms with Crippen molar-refractivity contribution in [2.45, 2.75) is 37.4 Å². The van der Waals surface area contributed by atoms with Gasteiger partial charge in [0.2, 0.25) is 20.0 Å². The van der Waals surface area contributed by atoms with E-state index >= 15 is 0 Å². The number of hydrogen-bond donors (Lipinski definition) is 1. The molecule has 8 heteroatoms. The molecule has 1 heterocycles. The second-order valence-corrected chi connectivity index (χ2v) is 9.82. The SMILES string of the molecule is O=S(=O)(Nc1ccc(N2CCCS2(=O)=O)cc1)C1CCCC1. The summed E-state index contributed by atoms with van der Waals surface area (Å²) >= 11 is 0. The number of anilines is 2. The molecule has 0 bridgehead atoms. The summed E-state index contributed by atoms with van der Waals surface area (Å²) in [6.07, 6.45) is 3.95. The van der Waals surface area contributed by atoms with Gasteiger partial charge in [0, 0.05) is 12.2 Å². The quantitative estimate of drug-likeness (QED) is 0.904. The van der Waals surface area contributed by atoms with E-state index in [1.165, 1.54) is 4.31 Å². The number of nitrogens with one attached hydrogen (secondary N) is 1. The lowest BCUT2D eigenvalue weighted by Gasteiger charge is -2.18. The van der Waals surface area contributed by atoms with Crippen molar-refractivity contribution in [1.82, 2.24) is 0 Å². The number of benzene rings is 1. The molecule has 1 aromatic carbocycles. The van der Waals surface area contributed by atoms with Gasteiger partial charge in [-0.05, 0) is 43.5 Å². The highest BCUT2D eigenvalue weighted by Gasteiger charge is 2.30. The zero-order chi connectivity index (χ0) is 15.8. The smallest absolute Gasteiger partial charge is 0.235 e. The minimum atomic E-state index is -3.35. The maximum atomic E-state index is 12.2. The van der Waals surface area contributed by atoms with Crippen LogP contribution in [0.2, 0.25) is 0 Å². The second kappa shape index (κ2) is 5.73. The average Bonchev–Trinajstić information content (AvgIpc) is 3.09. The van der Waals surface area contributed by atoms with Crippen LogP contribution in [0, 0.1) is 0 Å². The molecule has 1 saturated heterocycles. The molecular weight excluding hydrogens is 324 g/mol. The van der Waals surface area contributed by atoms with Crippen molar-refractivity contribution in [2.75, 3.05) is 21.3 Å². The molecule has 122 valence electrons. The molecule has 22 heavy (non-hydrogen) atoms. The van der Waals surface area contributed by atoms with Gasteiger partial charge >= 0.3 is 0 Å². The lowest BCUT2D eigenvalue weighted by Crippen LogP contribution is -2.26. The third-order valence-electron chi connectivity index (χ3n) is 4.26. The van der Waals surface area contributed by atoms with E-state index in [0.717, 1.165) is 12.8 Å². The largest absolute Gasteiger partial charge is 0.283 e. The van der Waals surface area contributed by atoms with Gasteiger partial charge in [-0.2, -0.15) is 0 Å². The second-order valence-electron chi connectivity index (χ2n) is 5.84. The highest BCUT2D eigenvalue weighted by molar-refractivity contribution is 7.93. The Bertz CT molecular complexity index is 736. The average molecular weight is 344 g/mol. The molecule has 0 aromatic heterocycles. The van der Waals surface area contributed by atoms with E-state index in [4.69, 9.17) is 0 Å². The maximum Gasteiger partial charge on any atom is 0.235 e. The van der Waals surface area contributed by atoms with Gasteiger partial charge in [-0.1, -0.05) is 12.8 Å². The standard InChI is InChI=1S/C14H20N2O4S2/c17-21(18)11-3-10-16(21)13-8-6-12(7-9-13)15-22(19,20)14-4-1-2-5-14/h6-9,14-15H,1-5,10-11H2. The molecule has 0 spiro atoms. The molecular formula is C14H20N2O4S2. The number of nitrogens with zero attached hydrogens (tertiary/aromatic N) is 1. The van der Waals surface area contributed by atoms with Gasteiger partial charge in [-0.3, -0.25) is 9.03 Å². The van der Waals surface area contributed by atoms with Gasteiger partial charge in [0.15, 0.2) is 0 Å². The molecule has 0 atom stereocenters. The van der Waals surface area contributed by atoms with E-state index in [2.05, 4.69) is 4.72 Å². The van der Waals surface area contributed by atoms with E-state index in [0.29, 0.717) is 37.2 Å². The van der Waals surface area contributed by atoms with Crippen molar-refractivity contribution in [2.24, 2.45) is 0 Å². The molecule has 0 amide bonds. The number of hydrogen-bond acceptors (Lipinski definition) is 4. The molecule has 0 radical (unpaired) electrons. The Morgan fingerprint density at radius 2 is 1.68 bits per heavy atom. The lowest BCUT2D eigenvalue weighted by molar-refractivity contribution is 0.585. The van der Waals surface area contributed by atoms with Crippen LogP contribution in [0.5, 0.6) is 0 Å². The van der Waals surface area contributed by atoms with Crippen LogP contribution in [0.15, 0.2) is 24.3 Å². The monoisotopic (exact) mass is 344 g/mol. The van der Waals surface area contributed by atoms with Crippen LogP contribution in [-0.2, 0) is 20.0 Å². The van der Waals surface area contributed by atoms with Gasteiger partial charge < -0.3 is 0 Å². The van der Waals surface area contributed by atoms with E-state index in [9.17, 15) is 16.8 Å².